The Labute approximate surface area is 133 Å². The molecule has 6 nitrogen and oxygen atoms in total. The zero-order chi connectivity index (χ0) is 16.2. The molecule has 2 heterocycles. The van der Waals surface area contributed by atoms with Crippen LogP contribution in [-0.2, 0) is 9.53 Å². The molecule has 23 heavy (non-hydrogen) atoms. The number of H-pyrrole nitrogens is 1. The normalized spacial score (nSPS) is 17.0. The largest absolute Gasteiger partial charge is 0.481 e. The molecule has 0 spiro atoms. The van der Waals surface area contributed by atoms with Gasteiger partial charge in [-0.1, -0.05) is 6.07 Å². The molecular weight excluding hydrogens is 296 g/mol. The van der Waals surface area contributed by atoms with Crippen molar-refractivity contribution in [2.75, 3.05) is 19.8 Å². The van der Waals surface area contributed by atoms with Gasteiger partial charge in [0.2, 0.25) is 0 Å². The molecule has 1 amide bonds. The number of amides is 1. The molecule has 0 radical (unpaired) electrons. The first-order valence-electron chi connectivity index (χ1n) is 7.81. The Bertz CT molecular complexity index is 703. The SMILES string of the molecule is O=C(NCC(C(=O)O)C1CCOCC1)c1cccc2[nH]ccc12. The predicted octanol–water partition coefficient (Wildman–Crippen LogP) is 2.03. The fraction of sp³-hybridized carbons (Fsp3) is 0.412. The number of hydrogen-bond acceptors (Lipinski definition) is 3. The van der Waals surface area contributed by atoms with Crippen molar-refractivity contribution in [1.82, 2.24) is 10.3 Å². The Morgan fingerprint density at radius 3 is 2.83 bits per heavy atom. The Kier molecular flexibility index (Phi) is 4.62. The lowest BCUT2D eigenvalue weighted by Crippen LogP contribution is -2.39. The lowest BCUT2D eigenvalue weighted by atomic mass is 9.86. The van der Waals surface area contributed by atoms with Gasteiger partial charge in [-0.3, -0.25) is 9.59 Å². The number of aromatic amines is 1. The summed E-state index contributed by atoms with van der Waals surface area (Å²) in [4.78, 5) is 27.0. The number of fused-ring (bicyclic) bond motifs is 1. The van der Waals surface area contributed by atoms with E-state index in [1.54, 1.807) is 18.3 Å². The molecule has 2 aromatic rings. The molecule has 1 saturated heterocycles. The van der Waals surface area contributed by atoms with E-state index >= 15 is 0 Å². The quantitative estimate of drug-likeness (QED) is 0.787. The number of aliphatic carboxylic acids is 1. The van der Waals surface area contributed by atoms with Crippen LogP contribution in [0.25, 0.3) is 10.9 Å². The second-order valence-electron chi connectivity index (χ2n) is 5.85. The molecule has 1 atom stereocenters. The minimum absolute atomic E-state index is 0.0459. The second kappa shape index (κ2) is 6.83. The summed E-state index contributed by atoms with van der Waals surface area (Å²) >= 11 is 0. The molecule has 122 valence electrons. The van der Waals surface area contributed by atoms with Gasteiger partial charge < -0.3 is 20.1 Å². The highest BCUT2D eigenvalue weighted by molar-refractivity contribution is 6.06. The summed E-state index contributed by atoms with van der Waals surface area (Å²) in [6, 6.07) is 7.29. The molecule has 0 aliphatic carbocycles. The van der Waals surface area contributed by atoms with Crippen molar-refractivity contribution >= 4 is 22.8 Å². The molecule has 1 aliphatic heterocycles. The number of nitrogens with one attached hydrogen (secondary N) is 2. The zero-order valence-electron chi connectivity index (χ0n) is 12.7. The lowest BCUT2D eigenvalue weighted by molar-refractivity contribution is -0.144. The van der Waals surface area contributed by atoms with Crippen LogP contribution in [0.2, 0.25) is 0 Å². The number of hydrogen-bond donors (Lipinski definition) is 3. The third-order valence-electron chi connectivity index (χ3n) is 4.47. The van der Waals surface area contributed by atoms with Crippen LogP contribution >= 0.6 is 0 Å². The summed E-state index contributed by atoms with van der Waals surface area (Å²) in [7, 11) is 0. The van der Waals surface area contributed by atoms with Crippen molar-refractivity contribution < 1.29 is 19.4 Å². The van der Waals surface area contributed by atoms with Crippen molar-refractivity contribution in [2.24, 2.45) is 11.8 Å². The second-order valence-corrected chi connectivity index (χ2v) is 5.85. The first-order valence-corrected chi connectivity index (χ1v) is 7.81. The van der Waals surface area contributed by atoms with Gasteiger partial charge in [-0.25, -0.2) is 0 Å². The van der Waals surface area contributed by atoms with E-state index in [9.17, 15) is 14.7 Å². The number of carbonyl (C=O) groups excluding carboxylic acids is 1. The van der Waals surface area contributed by atoms with E-state index in [0.29, 0.717) is 18.8 Å². The molecule has 1 fully saturated rings. The van der Waals surface area contributed by atoms with E-state index in [1.807, 2.05) is 12.1 Å². The van der Waals surface area contributed by atoms with Crippen molar-refractivity contribution in [1.29, 1.82) is 0 Å². The van der Waals surface area contributed by atoms with Gasteiger partial charge in [-0.05, 0) is 37.0 Å². The Morgan fingerprint density at radius 2 is 2.09 bits per heavy atom. The first-order chi connectivity index (χ1) is 11.2. The van der Waals surface area contributed by atoms with E-state index in [2.05, 4.69) is 10.3 Å². The monoisotopic (exact) mass is 316 g/mol. The molecular formula is C17H20N2O4. The van der Waals surface area contributed by atoms with Gasteiger partial charge >= 0.3 is 5.97 Å². The van der Waals surface area contributed by atoms with Crippen molar-refractivity contribution in [3.8, 4) is 0 Å². The minimum atomic E-state index is -0.864. The summed E-state index contributed by atoms with van der Waals surface area (Å²) < 4.78 is 5.28. The molecule has 0 saturated carbocycles. The highest BCUT2D eigenvalue weighted by Crippen LogP contribution is 2.24. The van der Waals surface area contributed by atoms with Gasteiger partial charge in [0.1, 0.15) is 0 Å². The van der Waals surface area contributed by atoms with E-state index in [4.69, 9.17) is 4.74 Å². The van der Waals surface area contributed by atoms with Crippen LogP contribution in [-0.4, -0.2) is 41.7 Å². The maximum Gasteiger partial charge on any atom is 0.308 e. The zero-order valence-corrected chi connectivity index (χ0v) is 12.7. The van der Waals surface area contributed by atoms with Crippen molar-refractivity contribution in [3.63, 3.8) is 0 Å². The molecule has 1 aliphatic rings. The van der Waals surface area contributed by atoms with Gasteiger partial charge in [0.05, 0.1) is 5.92 Å². The van der Waals surface area contributed by atoms with Crippen molar-refractivity contribution in [2.45, 2.75) is 12.8 Å². The number of carboxylic acids is 1. The topological polar surface area (TPSA) is 91.4 Å². The summed E-state index contributed by atoms with van der Waals surface area (Å²) in [6.07, 6.45) is 3.23. The number of aromatic nitrogens is 1. The maximum atomic E-state index is 12.4. The number of rotatable bonds is 5. The van der Waals surface area contributed by atoms with Crippen LogP contribution in [0.15, 0.2) is 30.5 Å². The number of carbonyl (C=O) groups is 2. The average molecular weight is 316 g/mol. The fourth-order valence-corrected chi connectivity index (χ4v) is 3.16. The average Bonchev–Trinajstić information content (AvgIpc) is 3.04. The molecule has 3 N–H and O–H groups in total. The Hall–Kier alpha value is -2.34. The Balaban J connectivity index is 1.69. The predicted molar refractivity (Wildman–Crippen MR) is 85.3 cm³/mol. The molecule has 0 bridgehead atoms. The van der Waals surface area contributed by atoms with E-state index < -0.39 is 11.9 Å². The van der Waals surface area contributed by atoms with Crippen LogP contribution < -0.4 is 5.32 Å². The van der Waals surface area contributed by atoms with Crippen LogP contribution in [0.5, 0.6) is 0 Å². The molecule has 1 aromatic heterocycles. The third-order valence-corrected chi connectivity index (χ3v) is 4.47. The van der Waals surface area contributed by atoms with Crippen molar-refractivity contribution in [3.05, 3.63) is 36.0 Å². The smallest absolute Gasteiger partial charge is 0.308 e. The Morgan fingerprint density at radius 1 is 1.30 bits per heavy atom. The van der Waals surface area contributed by atoms with Gasteiger partial charge in [0.15, 0.2) is 0 Å². The van der Waals surface area contributed by atoms with E-state index in [0.717, 1.165) is 23.7 Å². The van der Waals surface area contributed by atoms with Gasteiger partial charge in [0.25, 0.3) is 5.91 Å². The number of carboxylic acid groups (broad SMARTS) is 1. The summed E-state index contributed by atoms with van der Waals surface area (Å²) in [5.74, 6) is -1.64. The highest BCUT2D eigenvalue weighted by Gasteiger charge is 2.30. The van der Waals surface area contributed by atoms with Gasteiger partial charge in [-0.2, -0.15) is 0 Å². The summed E-state index contributed by atoms with van der Waals surface area (Å²) in [5.41, 5.74) is 1.44. The highest BCUT2D eigenvalue weighted by atomic mass is 16.5. The number of ether oxygens (including phenoxy) is 1. The van der Waals surface area contributed by atoms with Gasteiger partial charge in [0, 0.05) is 42.4 Å². The van der Waals surface area contributed by atoms with Crippen LogP contribution in [0.1, 0.15) is 23.2 Å². The van der Waals surface area contributed by atoms with Crippen LogP contribution in [0.3, 0.4) is 0 Å². The fourth-order valence-electron chi connectivity index (χ4n) is 3.16. The molecule has 6 heteroatoms. The summed E-state index contributed by atoms with van der Waals surface area (Å²) in [5, 5.41) is 13.1. The first kappa shape index (κ1) is 15.6. The molecule has 1 unspecified atom stereocenters. The lowest BCUT2D eigenvalue weighted by Gasteiger charge is -2.27. The maximum absolute atomic E-state index is 12.4. The summed E-state index contributed by atoms with van der Waals surface area (Å²) in [6.45, 7) is 1.32. The van der Waals surface area contributed by atoms with Crippen LogP contribution in [0.4, 0.5) is 0 Å². The van der Waals surface area contributed by atoms with Gasteiger partial charge in [-0.15, -0.1) is 0 Å². The van der Waals surface area contributed by atoms with E-state index in [1.165, 1.54) is 0 Å². The third kappa shape index (κ3) is 3.37. The molecule has 1 aromatic carbocycles. The minimum Gasteiger partial charge on any atom is -0.481 e. The standard InChI is InChI=1S/C17H20N2O4/c20-16(13-2-1-3-15-12(13)4-7-18-15)19-10-14(17(21)22)11-5-8-23-9-6-11/h1-4,7,11,14,18H,5-6,8-10H2,(H,19,20)(H,21,22). The number of benzene rings is 1. The molecule has 3 rings (SSSR count). The van der Waals surface area contributed by atoms with Crippen LogP contribution in [0, 0.1) is 11.8 Å². The van der Waals surface area contributed by atoms with E-state index in [-0.39, 0.29) is 18.4 Å².